The monoisotopic (exact) mass is 370 g/mol. The number of carbonyl (C=O) groups is 1. The highest BCUT2D eigenvalue weighted by Crippen LogP contribution is 2.21. The van der Waals surface area contributed by atoms with Gasteiger partial charge >= 0.3 is 0 Å². The van der Waals surface area contributed by atoms with Gasteiger partial charge in [-0.1, -0.05) is 41.4 Å². The van der Waals surface area contributed by atoms with E-state index in [1.54, 1.807) is 36.4 Å². The van der Waals surface area contributed by atoms with Crippen molar-refractivity contribution in [3.8, 4) is 0 Å². The van der Waals surface area contributed by atoms with Crippen LogP contribution in [-0.2, 0) is 0 Å². The first-order valence-corrected chi connectivity index (χ1v) is 7.16. The van der Waals surface area contributed by atoms with Crippen LogP contribution < -0.4 is 5.43 Å². The number of hydrogen-bond acceptors (Lipinski definition) is 2. The molecule has 0 spiro atoms. The molecule has 2 aromatic rings. The van der Waals surface area contributed by atoms with E-state index in [1.165, 1.54) is 6.21 Å². The third-order valence-electron chi connectivity index (χ3n) is 2.44. The van der Waals surface area contributed by atoms with E-state index in [9.17, 15) is 4.79 Å². The second-order valence-electron chi connectivity index (χ2n) is 3.85. The number of hydrazone groups is 1. The molecule has 0 unspecified atom stereocenters. The first-order chi connectivity index (χ1) is 9.58. The average Bonchev–Trinajstić information content (AvgIpc) is 2.43. The Hall–Kier alpha value is -1.36. The Balaban J connectivity index is 2.05. The molecule has 0 bridgehead atoms. The van der Waals surface area contributed by atoms with E-state index in [4.69, 9.17) is 23.2 Å². The van der Waals surface area contributed by atoms with Gasteiger partial charge in [-0.25, -0.2) is 5.43 Å². The summed E-state index contributed by atoms with van der Waals surface area (Å²) in [5, 5.41) is 4.79. The third kappa shape index (κ3) is 3.82. The van der Waals surface area contributed by atoms with Gasteiger partial charge in [-0.15, -0.1) is 0 Å². The molecule has 2 rings (SSSR count). The Morgan fingerprint density at radius 2 is 1.90 bits per heavy atom. The Kier molecular flexibility index (Phi) is 5.17. The number of nitrogens with one attached hydrogen (secondary N) is 1. The van der Waals surface area contributed by atoms with Crippen LogP contribution in [0.1, 0.15) is 15.9 Å². The Labute approximate surface area is 134 Å². The molecule has 1 N–H and O–H groups in total. The molecule has 0 fully saturated rings. The highest BCUT2D eigenvalue weighted by molar-refractivity contribution is 9.10. The van der Waals surface area contributed by atoms with Crippen LogP contribution >= 0.6 is 39.1 Å². The van der Waals surface area contributed by atoms with Crippen molar-refractivity contribution >= 4 is 51.3 Å². The number of halogens is 3. The van der Waals surface area contributed by atoms with Crippen LogP contribution in [0.15, 0.2) is 52.0 Å². The van der Waals surface area contributed by atoms with E-state index in [1.807, 2.05) is 6.07 Å². The van der Waals surface area contributed by atoms with Crippen LogP contribution in [0, 0.1) is 0 Å². The van der Waals surface area contributed by atoms with E-state index < -0.39 is 0 Å². The van der Waals surface area contributed by atoms with Gasteiger partial charge in [-0.2, -0.15) is 5.10 Å². The number of amides is 1. The number of hydrogen-bond donors (Lipinski definition) is 1. The molecule has 1 amide bonds. The minimum absolute atomic E-state index is 0.297. The summed E-state index contributed by atoms with van der Waals surface area (Å²) in [7, 11) is 0. The number of carbonyl (C=O) groups excluding carboxylic acids is 1. The van der Waals surface area contributed by atoms with Crippen LogP contribution in [-0.4, -0.2) is 12.1 Å². The Bertz CT molecular complexity index is 674. The third-order valence-corrected chi connectivity index (χ3v) is 3.87. The molecule has 0 saturated heterocycles. The van der Waals surface area contributed by atoms with E-state index in [-0.39, 0.29) is 5.91 Å². The van der Waals surface area contributed by atoms with E-state index in [0.29, 0.717) is 20.1 Å². The lowest BCUT2D eigenvalue weighted by atomic mass is 10.2. The Morgan fingerprint density at radius 1 is 1.15 bits per heavy atom. The lowest BCUT2D eigenvalue weighted by Gasteiger charge is -2.02. The molecule has 0 radical (unpaired) electrons. The van der Waals surface area contributed by atoms with Gasteiger partial charge in [0.1, 0.15) is 0 Å². The second-order valence-corrected chi connectivity index (χ2v) is 5.52. The molecule has 20 heavy (non-hydrogen) atoms. The fourth-order valence-corrected chi connectivity index (χ4v) is 2.24. The molecule has 6 heteroatoms. The molecule has 0 aliphatic rings. The van der Waals surface area contributed by atoms with Gasteiger partial charge in [0.05, 0.1) is 21.8 Å². The van der Waals surface area contributed by atoms with Gasteiger partial charge in [0, 0.05) is 4.47 Å². The highest BCUT2D eigenvalue weighted by atomic mass is 79.9. The quantitative estimate of drug-likeness (QED) is 0.625. The summed E-state index contributed by atoms with van der Waals surface area (Å²) < 4.78 is 0.710. The van der Waals surface area contributed by atoms with Crippen molar-refractivity contribution in [2.45, 2.75) is 0 Å². The molecule has 0 aliphatic heterocycles. The summed E-state index contributed by atoms with van der Waals surface area (Å²) in [4.78, 5) is 11.9. The fraction of sp³-hybridized carbons (Fsp3) is 0. The molecule has 0 saturated carbocycles. The maximum atomic E-state index is 11.9. The first-order valence-electron chi connectivity index (χ1n) is 5.61. The summed E-state index contributed by atoms with van der Waals surface area (Å²) >= 11 is 15.0. The Morgan fingerprint density at radius 3 is 2.60 bits per heavy atom. The highest BCUT2D eigenvalue weighted by Gasteiger charge is 2.07. The number of benzene rings is 2. The predicted molar refractivity (Wildman–Crippen MR) is 85.7 cm³/mol. The van der Waals surface area contributed by atoms with Crippen molar-refractivity contribution < 1.29 is 4.79 Å². The molecule has 0 aromatic heterocycles. The minimum Gasteiger partial charge on any atom is -0.267 e. The topological polar surface area (TPSA) is 41.5 Å². The normalized spacial score (nSPS) is 10.8. The van der Waals surface area contributed by atoms with Gasteiger partial charge < -0.3 is 0 Å². The van der Waals surface area contributed by atoms with Crippen LogP contribution in [0.2, 0.25) is 10.0 Å². The summed E-state index contributed by atoms with van der Waals surface area (Å²) in [6.07, 6.45) is 1.50. The summed E-state index contributed by atoms with van der Waals surface area (Å²) in [6, 6.07) is 12.2. The van der Waals surface area contributed by atoms with Gasteiger partial charge in [0.25, 0.3) is 5.91 Å². The summed E-state index contributed by atoms with van der Waals surface area (Å²) in [6.45, 7) is 0. The number of nitrogens with zero attached hydrogens (tertiary/aromatic N) is 1. The molecule has 102 valence electrons. The SMILES string of the molecule is O=C(NN=Cc1ccc(Cl)c(Cl)c1)c1ccccc1Br. The summed E-state index contributed by atoms with van der Waals surface area (Å²) in [5.41, 5.74) is 3.70. The minimum atomic E-state index is -0.297. The molecule has 0 heterocycles. The summed E-state index contributed by atoms with van der Waals surface area (Å²) in [5.74, 6) is -0.297. The number of rotatable bonds is 3. The maximum absolute atomic E-state index is 11.9. The van der Waals surface area contributed by atoms with E-state index >= 15 is 0 Å². The molecular formula is C14H9BrCl2N2O. The standard InChI is InChI=1S/C14H9BrCl2N2O/c15-11-4-2-1-3-10(11)14(20)19-18-8-9-5-6-12(16)13(17)7-9/h1-8H,(H,19,20). The van der Waals surface area contributed by atoms with Crippen molar-refractivity contribution in [2.24, 2.45) is 5.10 Å². The van der Waals surface area contributed by atoms with Gasteiger partial charge in [-0.05, 0) is 45.8 Å². The van der Waals surface area contributed by atoms with Crippen LogP contribution in [0.3, 0.4) is 0 Å². The van der Waals surface area contributed by atoms with Crippen molar-refractivity contribution in [1.29, 1.82) is 0 Å². The average molecular weight is 372 g/mol. The predicted octanol–water partition coefficient (Wildman–Crippen LogP) is 4.52. The lowest BCUT2D eigenvalue weighted by molar-refractivity contribution is 0.0954. The van der Waals surface area contributed by atoms with Crippen molar-refractivity contribution in [3.05, 3.63) is 68.1 Å². The first kappa shape index (κ1) is 15.0. The molecule has 2 aromatic carbocycles. The molecule has 3 nitrogen and oxygen atoms in total. The zero-order valence-electron chi connectivity index (χ0n) is 10.1. The lowest BCUT2D eigenvalue weighted by Crippen LogP contribution is -2.18. The van der Waals surface area contributed by atoms with Crippen LogP contribution in [0.4, 0.5) is 0 Å². The van der Waals surface area contributed by atoms with Gasteiger partial charge in [0.15, 0.2) is 0 Å². The van der Waals surface area contributed by atoms with Gasteiger partial charge in [-0.3, -0.25) is 4.79 Å². The second kappa shape index (κ2) is 6.88. The molecular weight excluding hydrogens is 363 g/mol. The molecule has 0 atom stereocenters. The fourth-order valence-electron chi connectivity index (χ4n) is 1.46. The van der Waals surface area contributed by atoms with E-state index in [2.05, 4.69) is 26.5 Å². The van der Waals surface area contributed by atoms with Crippen molar-refractivity contribution in [1.82, 2.24) is 5.43 Å². The molecule has 0 aliphatic carbocycles. The van der Waals surface area contributed by atoms with Gasteiger partial charge in [0.2, 0.25) is 0 Å². The van der Waals surface area contributed by atoms with Crippen LogP contribution in [0.5, 0.6) is 0 Å². The van der Waals surface area contributed by atoms with Crippen molar-refractivity contribution in [2.75, 3.05) is 0 Å². The van der Waals surface area contributed by atoms with Crippen LogP contribution in [0.25, 0.3) is 0 Å². The largest absolute Gasteiger partial charge is 0.272 e. The zero-order chi connectivity index (χ0) is 14.5. The van der Waals surface area contributed by atoms with Crippen molar-refractivity contribution in [3.63, 3.8) is 0 Å². The van der Waals surface area contributed by atoms with E-state index in [0.717, 1.165) is 5.56 Å². The smallest absolute Gasteiger partial charge is 0.267 e. The zero-order valence-corrected chi connectivity index (χ0v) is 13.2. The maximum Gasteiger partial charge on any atom is 0.272 e.